The number of hydrogen-bond donors (Lipinski definition) is 1. The third kappa shape index (κ3) is 3.41. The quantitative estimate of drug-likeness (QED) is 0.722. The van der Waals surface area contributed by atoms with Crippen LogP contribution in [-0.4, -0.2) is 40.7 Å². The molecule has 0 radical (unpaired) electrons. The zero-order valence-corrected chi connectivity index (χ0v) is 15.5. The Labute approximate surface area is 166 Å². The van der Waals surface area contributed by atoms with Crippen molar-refractivity contribution in [1.29, 1.82) is 0 Å². The van der Waals surface area contributed by atoms with E-state index in [-0.39, 0.29) is 24.9 Å². The number of hydrogen-bond acceptors (Lipinski definition) is 4. The van der Waals surface area contributed by atoms with Crippen molar-refractivity contribution in [2.45, 2.75) is 18.9 Å². The number of cyclic esters (lactones) is 1. The molecule has 1 aromatic carbocycles. The first-order valence-electron chi connectivity index (χ1n) is 9.57. The van der Waals surface area contributed by atoms with Crippen LogP contribution in [0.5, 0.6) is 0 Å². The highest BCUT2D eigenvalue weighted by molar-refractivity contribution is 5.90. The van der Waals surface area contributed by atoms with Gasteiger partial charge >= 0.3 is 6.09 Å². The van der Waals surface area contributed by atoms with Crippen LogP contribution in [-0.2, 0) is 9.53 Å². The van der Waals surface area contributed by atoms with Gasteiger partial charge in [-0.2, -0.15) is 0 Å². The van der Waals surface area contributed by atoms with Crippen LogP contribution in [0.25, 0.3) is 16.6 Å². The fourth-order valence-electron chi connectivity index (χ4n) is 3.52. The average Bonchev–Trinajstić information content (AvgIpc) is 3.37. The number of carbonyl (C=O) groups is 2. The normalized spacial score (nSPS) is 18.9. The number of rotatable bonds is 5. The van der Waals surface area contributed by atoms with Crippen molar-refractivity contribution in [3.8, 4) is 5.69 Å². The number of carbonyl (C=O) groups excluding carboxylic acids is 2. The van der Waals surface area contributed by atoms with Crippen LogP contribution in [0.2, 0.25) is 0 Å². The Morgan fingerprint density at radius 2 is 2.14 bits per heavy atom. The Morgan fingerprint density at radius 3 is 2.90 bits per heavy atom. The molecular formula is C21H19FN4O3. The van der Waals surface area contributed by atoms with Gasteiger partial charge in [-0.25, -0.2) is 9.18 Å². The molecule has 0 unspecified atom stereocenters. The summed E-state index contributed by atoms with van der Waals surface area (Å²) in [5.74, 6) is -0.352. The van der Waals surface area contributed by atoms with E-state index < -0.39 is 18.0 Å². The number of amides is 2. The zero-order chi connectivity index (χ0) is 20.0. The summed E-state index contributed by atoms with van der Waals surface area (Å²) >= 11 is 0. The first kappa shape index (κ1) is 17.7. The number of nitrogens with zero attached hydrogens (tertiary/aromatic N) is 3. The number of ether oxygens (including phenoxy) is 1. The average molecular weight is 394 g/mol. The van der Waals surface area contributed by atoms with Gasteiger partial charge in [0.05, 0.1) is 30.0 Å². The molecule has 1 aliphatic carbocycles. The van der Waals surface area contributed by atoms with Gasteiger partial charge in [-0.1, -0.05) is 0 Å². The van der Waals surface area contributed by atoms with Crippen molar-refractivity contribution in [2.75, 3.05) is 18.0 Å². The molecule has 8 heteroatoms. The van der Waals surface area contributed by atoms with Gasteiger partial charge in [0.2, 0.25) is 5.91 Å². The lowest BCUT2D eigenvalue weighted by atomic mass is 10.2. The summed E-state index contributed by atoms with van der Waals surface area (Å²) in [6.07, 6.45) is 6.10. The van der Waals surface area contributed by atoms with Crippen LogP contribution in [0.3, 0.4) is 0 Å². The maximum Gasteiger partial charge on any atom is 0.414 e. The van der Waals surface area contributed by atoms with Gasteiger partial charge in [-0.05, 0) is 43.2 Å². The molecule has 3 heterocycles. The summed E-state index contributed by atoms with van der Waals surface area (Å²) < 4.78 is 21.8. The topological polar surface area (TPSA) is 76.5 Å². The fraction of sp³-hybridized carbons (Fsp3) is 0.286. The van der Waals surface area contributed by atoms with Crippen LogP contribution in [0.15, 0.2) is 48.9 Å². The number of pyridine rings is 1. The first-order chi connectivity index (χ1) is 14.1. The third-order valence-electron chi connectivity index (χ3n) is 5.26. The molecular weight excluding hydrogens is 375 g/mol. The van der Waals surface area contributed by atoms with E-state index in [1.54, 1.807) is 29.1 Å². The number of aromatic nitrogens is 2. The lowest BCUT2D eigenvalue weighted by molar-refractivity contribution is -0.122. The highest BCUT2D eigenvalue weighted by atomic mass is 19.1. The lowest BCUT2D eigenvalue weighted by Crippen LogP contribution is -2.35. The summed E-state index contributed by atoms with van der Waals surface area (Å²) in [6, 6.07) is 8.36. The Balaban J connectivity index is 1.31. The minimum Gasteiger partial charge on any atom is -0.442 e. The number of fused-ring (bicyclic) bond motifs is 1. The van der Waals surface area contributed by atoms with Gasteiger partial charge in [0.1, 0.15) is 11.9 Å². The van der Waals surface area contributed by atoms with Crippen LogP contribution < -0.4 is 10.2 Å². The van der Waals surface area contributed by atoms with Crippen LogP contribution in [0.4, 0.5) is 14.9 Å². The lowest BCUT2D eigenvalue weighted by Gasteiger charge is -2.15. The Hall–Kier alpha value is -3.42. The number of benzene rings is 1. The molecule has 1 saturated carbocycles. The molecule has 0 spiro atoms. The molecule has 3 aromatic rings. The number of nitrogens with one attached hydrogen (secondary N) is 1. The van der Waals surface area contributed by atoms with E-state index in [2.05, 4.69) is 10.3 Å². The molecule has 5 rings (SSSR count). The SMILES string of the molecule is O=C(NC[C@H]1CN(c2ccc(-n3cc4cccnc4c3)c(F)c2)C(=O)O1)C1CC1. The molecule has 1 saturated heterocycles. The molecule has 0 bridgehead atoms. The minimum atomic E-state index is -0.543. The molecule has 2 amide bonds. The second-order valence-electron chi connectivity index (χ2n) is 7.41. The predicted octanol–water partition coefficient (Wildman–Crippen LogP) is 3.02. The second kappa shape index (κ2) is 6.88. The van der Waals surface area contributed by atoms with E-state index in [0.717, 1.165) is 23.7 Å². The van der Waals surface area contributed by atoms with Crippen molar-refractivity contribution in [2.24, 2.45) is 5.92 Å². The molecule has 2 aliphatic rings. The zero-order valence-electron chi connectivity index (χ0n) is 15.5. The summed E-state index contributed by atoms with van der Waals surface area (Å²) in [7, 11) is 0. The minimum absolute atomic E-state index is 0.00324. The Morgan fingerprint density at radius 1 is 1.28 bits per heavy atom. The monoisotopic (exact) mass is 394 g/mol. The number of halogens is 1. The van der Waals surface area contributed by atoms with Crippen LogP contribution >= 0.6 is 0 Å². The van der Waals surface area contributed by atoms with E-state index in [1.807, 2.05) is 18.3 Å². The van der Waals surface area contributed by atoms with Crippen molar-refractivity contribution in [1.82, 2.24) is 14.9 Å². The van der Waals surface area contributed by atoms with Gasteiger partial charge < -0.3 is 14.6 Å². The molecule has 1 N–H and O–H groups in total. The largest absolute Gasteiger partial charge is 0.442 e. The molecule has 7 nitrogen and oxygen atoms in total. The summed E-state index contributed by atoms with van der Waals surface area (Å²) in [4.78, 5) is 29.6. The fourth-order valence-corrected chi connectivity index (χ4v) is 3.52. The van der Waals surface area contributed by atoms with Gasteiger partial charge in [-0.3, -0.25) is 14.7 Å². The Kier molecular flexibility index (Phi) is 4.19. The van der Waals surface area contributed by atoms with Crippen LogP contribution in [0.1, 0.15) is 12.8 Å². The van der Waals surface area contributed by atoms with Crippen molar-refractivity contribution >= 4 is 28.6 Å². The van der Waals surface area contributed by atoms with Gasteiger partial charge in [0.15, 0.2) is 0 Å². The smallest absolute Gasteiger partial charge is 0.414 e. The van der Waals surface area contributed by atoms with E-state index in [9.17, 15) is 14.0 Å². The molecule has 2 aromatic heterocycles. The third-order valence-corrected chi connectivity index (χ3v) is 5.26. The van der Waals surface area contributed by atoms with Gasteiger partial charge in [-0.15, -0.1) is 0 Å². The van der Waals surface area contributed by atoms with Gasteiger partial charge in [0, 0.05) is 29.9 Å². The van der Waals surface area contributed by atoms with Crippen molar-refractivity contribution in [3.63, 3.8) is 0 Å². The highest BCUT2D eigenvalue weighted by Crippen LogP contribution is 2.29. The molecule has 1 aliphatic heterocycles. The molecule has 148 valence electrons. The number of anilines is 1. The maximum absolute atomic E-state index is 14.8. The predicted molar refractivity (Wildman–Crippen MR) is 104 cm³/mol. The molecule has 29 heavy (non-hydrogen) atoms. The van der Waals surface area contributed by atoms with E-state index in [0.29, 0.717) is 11.4 Å². The first-order valence-corrected chi connectivity index (χ1v) is 9.57. The maximum atomic E-state index is 14.8. The van der Waals surface area contributed by atoms with Crippen molar-refractivity contribution in [3.05, 3.63) is 54.7 Å². The Bertz CT molecular complexity index is 1080. The van der Waals surface area contributed by atoms with E-state index >= 15 is 0 Å². The standard InChI is InChI=1S/C21H19FN4O3/c22-17-8-15(5-6-19(17)25-10-14-2-1-7-23-18(14)12-25)26-11-16(29-21(26)28)9-24-20(27)13-3-4-13/h1-2,5-8,10,12-13,16H,3-4,9,11H2,(H,24,27)/t16-/m0/s1. The van der Waals surface area contributed by atoms with E-state index in [4.69, 9.17) is 4.74 Å². The van der Waals surface area contributed by atoms with Crippen molar-refractivity contribution < 1.29 is 18.7 Å². The highest BCUT2D eigenvalue weighted by Gasteiger charge is 2.35. The van der Waals surface area contributed by atoms with Crippen LogP contribution in [0, 0.1) is 11.7 Å². The molecule has 1 atom stereocenters. The molecule has 2 fully saturated rings. The van der Waals surface area contributed by atoms with E-state index in [1.165, 1.54) is 11.0 Å². The summed E-state index contributed by atoms with van der Waals surface area (Å²) in [6.45, 7) is 0.529. The van der Waals surface area contributed by atoms with Gasteiger partial charge in [0.25, 0.3) is 0 Å². The summed E-state index contributed by atoms with van der Waals surface area (Å²) in [5.41, 5.74) is 1.56. The summed E-state index contributed by atoms with van der Waals surface area (Å²) in [5, 5.41) is 3.72. The second-order valence-corrected chi connectivity index (χ2v) is 7.41.